The number of thiophene rings is 1. The van der Waals surface area contributed by atoms with Crippen LogP contribution in [-0.2, 0) is 6.54 Å². The van der Waals surface area contributed by atoms with Crippen LogP contribution in [0, 0.1) is 0 Å². The highest BCUT2D eigenvalue weighted by atomic mass is 32.1. The number of carbonyl (C=O) groups excluding carboxylic acids is 1. The lowest BCUT2D eigenvalue weighted by Gasteiger charge is -2.34. The van der Waals surface area contributed by atoms with Gasteiger partial charge in [0.2, 0.25) is 0 Å². The van der Waals surface area contributed by atoms with E-state index in [2.05, 4.69) is 22.4 Å². The van der Waals surface area contributed by atoms with Crippen molar-refractivity contribution in [1.82, 2.24) is 9.80 Å². The fourth-order valence-corrected chi connectivity index (χ4v) is 3.74. The van der Waals surface area contributed by atoms with Gasteiger partial charge in [-0.25, -0.2) is 0 Å². The van der Waals surface area contributed by atoms with Crippen molar-refractivity contribution < 1.29 is 14.3 Å². The molecule has 1 aromatic carbocycles. The van der Waals surface area contributed by atoms with Gasteiger partial charge in [0, 0.05) is 43.2 Å². The van der Waals surface area contributed by atoms with Gasteiger partial charge in [-0.15, -0.1) is 11.3 Å². The van der Waals surface area contributed by atoms with E-state index in [-0.39, 0.29) is 5.91 Å². The lowest BCUT2D eigenvalue weighted by atomic mass is 10.1. The number of hydrogen-bond acceptors (Lipinski definition) is 5. The minimum Gasteiger partial charge on any atom is -0.493 e. The number of nitrogens with zero attached hydrogens (tertiary/aromatic N) is 2. The van der Waals surface area contributed by atoms with Crippen molar-refractivity contribution in [2.45, 2.75) is 13.5 Å². The molecule has 0 bridgehead atoms. The standard InChI is InChI=1S/C19H24N2O3S/c1-3-24-18-13-15(6-7-17(18)23-2)19(22)21-10-8-20(9-11-21)14-16-5-4-12-25-16/h4-7,12-13H,3,8-11,14H2,1-2H3. The molecule has 25 heavy (non-hydrogen) atoms. The number of rotatable bonds is 6. The summed E-state index contributed by atoms with van der Waals surface area (Å²) in [5, 5.41) is 2.11. The fourth-order valence-electron chi connectivity index (χ4n) is 2.99. The van der Waals surface area contributed by atoms with E-state index in [1.807, 2.05) is 17.9 Å². The van der Waals surface area contributed by atoms with Gasteiger partial charge in [-0.05, 0) is 36.6 Å². The molecule has 5 nitrogen and oxygen atoms in total. The van der Waals surface area contributed by atoms with Crippen LogP contribution in [0.3, 0.4) is 0 Å². The van der Waals surface area contributed by atoms with Gasteiger partial charge in [0.05, 0.1) is 13.7 Å². The van der Waals surface area contributed by atoms with Crippen LogP contribution in [0.4, 0.5) is 0 Å². The summed E-state index contributed by atoms with van der Waals surface area (Å²) in [6.45, 7) is 6.73. The van der Waals surface area contributed by atoms with Crippen molar-refractivity contribution in [3.05, 3.63) is 46.2 Å². The molecule has 1 aliphatic heterocycles. The van der Waals surface area contributed by atoms with Crippen LogP contribution >= 0.6 is 11.3 Å². The summed E-state index contributed by atoms with van der Waals surface area (Å²) in [7, 11) is 1.60. The average Bonchev–Trinajstić information content (AvgIpc) is 3.15. The first-order valence-corrected chi connectivity index (χ1v) is 9.44. The predicted molar refractivity (Wildman–Crippen MR) is 99.7 cm³/mol. The molecule has 3 rings (SSSR count). The Labute approximate surface area is 152 Å². The Bertz CT molecular complexity index is 695. The van der Waals surface area contributed by atoms with Crippen molar-refractivity contribution in [3.8, 4) is 11.5 Å². The second-order valence-corrected chi connectivity index (χ2v) is 6.98. The highest BCUT2D eigenvalue weighted by Gasteiger charge is 2.23. The molecule has 1 saturated heterocycles. The van der Waals surface area contributed by atoms with E-state index < -0.39 is 0 Å². The topological polar surface area (TPSA) is 42.0 Å². The molecular formula is C19H24N2O3S. The molecule has 6 heteroatoms. The normalized spacial score (nSPS) is 15.2. The molecule has 1 fully saturated rings. The monoisotopic (exact) mass is 360 g/mol. The summed E-state index contributed by atoms with van der Waals surface area (Å²) in [4.78, 5) is 18.5. The van der Waals surface area contributed by atoms with E-state index in [0.29, 0.717) is 23.7 Å². The molecule has 1 aromatic heterocycles. The number of amides is 1. The molecule has 0 spiro atoms. The minimum atomic E-state index is 0.0550. The highest BCUT2D eigenvalue weighted by Crippen LogP contribution is 2.28. The Kier molecular flexibility index (Phi) is 5.94. The van der Waals surface area contributed by atoms with E-state index in [1.165, 1.54) is 4.88 Å². The van der Waals surface area contributed by atoms with Crippen molar-refractivity contribution >= 4 is 17.2 Å². The van der Waals surface area contributed by atoms with E-state index in [9.17, 15) is 4.79 Å². The SMILES string of the molecule is CCOc1cc(C(=O)N2CCN(Cc3cccs3)CC2)ccc1OC. The molecule has 2 heterocycles. The van der Waals surface area contributed by atoms with Gasteiger partial charge in [0.15, 0.2) is 11.5 Å². The van der Waals surface area contributed by atoms with Crippen LogP contribution in [0.15, 0.2) is 35.7 Å². The number of piperazine rings is 1. The van der Waals surface area contributed by atoms with Crippen LogP contribution in [0.25, 0.3) is 0 Å². The van der Waals surface area contributed by atoms with E-state index in [1.54, 1.807) is 30.6 Å². The molecule has 0 radical (unpaired) electrons. The maximum absolute atomic E-state index is 12.8. The third-order valence-corrected chi connectivity index (χ3v) is 5.19. The Morgan fingerprint density at radius 1 is 1.16 bits per heavy atom. The Balaban J connectivity index is 1.61. The fraction of sp³-hybridized carbons (Fsp3) is 0.421. The summed E-state index contributed by atoms with van der Waals surface area (Å²) in [6.07, 6.45) is 0. The molecule has 0 saturated carbocycles. The summed E-state index contributed by atoms with van der Waals surface area (Å²) >= 11 is 1.78. The first-order chi connectivity index (χ1) is 12.2. The van der Waals surface area contributed by atoms with E-state index in [0.717, 1.165) is 32.7 Å². The van der Waals surface area contributed by atoms with Crippen molar-refractivity contribution in [3.63, 3.8) is 0 Å². The Morgan fingerprint density at radius 3 is 2.60 bits per heavy atom. The van der Waals surface area contributed by atoms with Crippen molar-refractivity contribution in [2.24, 2.45) is 0 Å². The van der Waals surface area contributed by atoms with Gasteiger partial charge < -0.3 is 14.4 Å². The molecule has 0 atom stereocenters. The van der Waals surface area contributed by atoms with Gasteiger partial charge in [0.25, 0.3) is 5.91 Å². The number of hydrogen-bond donors (Lipinski definition) is 0. The van der Waals surface area contributed by atoms with Crippen LogP contribution in [-0.4, -0.2) is 55.6 Å². The first kappa shape index (κ1) is 17.8. The van der Waals surface area contributed by atoms with Crippen molar-refractivity contribution in [2.75, 3.05) is 39.9 Å². The molecule has 0 unspecified atom stereocenters. The smallest absolute Gasteiger partial charge is 0.254 e. The second kappa shape index (κ2) is 8.36. The van der Waals surface area contributed by atoms with Crippen LogP contribution < -0.4 is 9.47 Å². The van der Waals surface area contributed by atoms with Crippen LogP contribution in [0.5, 0.6) is 11.5 Å². The Morgan fingerprint density at radius 2 is 1.96 bits per heavy atom. The molecule has 2 aromatic rings. The number of methoxy groups -OCH3 is 1. The lowest BCUT2D eigenvalue weighted by molar-refractivity contribution is 0.0629. The minimum absolute atomic E-state index is 0.0550. The zero-order valence-electron chi connectivity index (χ0n) is 14.7. The summed E-state index contributed by atoms with van der Waals surface area (Å²) < 4.78 is 10.9. The Hall–Kier alpha value is -2.05. The van der Waals surface area contributed by atoms with Crippen LogP contribution in [0.1, 0.15) is 22.2 Å². The molecule has 1 aliphatic rings. The van der Waals surface area contributed by atoms with E-state index in [4.69, 9.17) is 9.47 Å². The van der Waals surface area contributed by atoms with Gasteiger partial charge in [-0.1, -0.05) is 6.07 Å². The first-order valence-electron chi connectivity index (χ1n) is 8.56. The van der Waals surface area contributed by atoms with E-state index >= 15 is 0 Å². The third-order valence-electron chi connectivity index (χ3n) is 4.33. The molecule has 0 aliphatic carbocycles. The predicted octanol–water partition coefficient (Wildman–Crippen LogP) is 3.11. The lowest BCUT2D eigenvalue weighted by Crippen LogP contribution is -2.48. The number of ether oxygens (including phenoxy) is 2. The number of benzene rings is 1. The largest absolute Gasteiger partial charge is 0.493 e. The molecule has 1 amide bonds. The quantitative estimate of drug-likeness (QED) is 0.794. The summed E-state index contributed by atoms with van der Waals surface area (Å²) in [6, 6.07) is 9.63. The highest BCUT2D eigenvalue weighted by molar-refractivity contribution is 7.09. The zero-order valence-corrected chi connectivity index (χ0v) is 15.6. The van der Waals surface area contributed by atoms with Crippen LogP contribution in [0.2, 0.25) is 0 Å². The summed E-state index contributed by atoms with van der Waals surface area (Å²) in [5.74, 6) is 1.32. The molecule has 0 N–H and O–H groups in total. The van der Waals surface area contributed by atoms with Gasteiger partial charge >= 0.3 is 0 Å². The zero-order chi connectivity index (χ0) is 17.6. The maximum atomic E-state index is 12.8. The van der Waals surface area contributed by atoms with Gasteiger partial charge in [-0.3, -0.25) is 9.69 Å². The molecular weight excluding hydrogens is 336 g/mol. The van der Waals surface area contributed by atoms with Crippen molar-refractivity contribution in [1.29, 1.82) is 0 Å². The van der Waals surface area contributed by atoms with Gasteiger partial charge in [0.1, 0.15) is 0 Å². The summed E-state index contributed by atoms with van der Waals surface area (Å²) in [5.41, 5.74) is 0.649. The molecule has 134 valence electrons. The average molecular weight is 360 g/mol. The third kappa shape index (κ3) is 4.32. The number of carbonyl (C=O) groups is 1. The second-order valence-electron chi connectivity index (χ2n) is 5.95. The van der Waals surface area contributed by atoms with Gasteiger partial charge in [-0.2, -0.15) is 0 Å². The maximum Gasteiger partial charge on any atom is 0.254 e.